The van der Waals surface area contributed by atoms with E-state index in [2.05, 4.69) is 15.2 Å². The number of hydrogen-bond acceptors (Lipinski definition) is 7. The quantitative estimate of drug-likeness (QED) is 0.371. The first kappa shape index (κ1) is 23.9. The van der Waals surface area contributed by atoms with E-state index in [0.717, 1.165) is 34.9 Å². The number of nitrogens with zero attached hydrogens (tertiary/aromatic N) is 4. The van der Waals surface area contributed by atoms with Crippen LogP contribution < -0.4 is 5.43 Å². The highest BCUT2D eigenvalue weighted by Gasteiger charge is 2.30. The van der Waals surface area contributed by atoms with Crippen molar-refractivity contribution >= 4 is 5.97 Å². The lowest BCUT2D eigenvalue weighted by Gasteiger charge is -2.13. The van der Waals surface area contributed by atoms with Crippen molar-refractivity contribution in [3.8, 4) is 17.1 Å². The molecule has 0 spiro atoms. The van der Waals surface area contributed by atoms with Gasteiger partial charge in [0.05, 0.1) is 11.3 Å². The molecule has 0 aliphatic heterocycles. The number of ether oxygens (including phenoxy) is 1. The molecule has 180 valence electrons. The molecule has 0 bridgehead atoms. The molecule has 0 unspecified atom stereocenters. The van der Waals surface area contributed by atoms with E-state index in [0.29, 0.717) is 11.4 Å². The fourth-order valence-electron chi connectivity index (χ4n) is 3.28. The highest BCUT2D eigenvalue weighted by molar-refractivity contribution is 5.86. The molecule has 8 nitrogen and oxygen atoms in total. The molecule has 0 atom stereocenters. The summed E-state index contributed by atoms with van der Waals surface area (Å²) in [4.78, 5) is 29.0. The van der Waals surface area contributed by atoms with Crippen molar-refractivity contribution < 1.29 is 27.2 Å². The lowest BCUT2D eigenvalue weighted by molar-refractivity contribution is -0.137. The molecule has 2 aromatic heterocycles. The van der Waals surface area contributed by atoms with Gasteiger partial charge in [0.25, 0.3) is 5.89 Å². The molecule has 0 radical (unpaired) electrons. The number of hydrogen-bond donors (Lipinski definition) is 0. The molecule has 2 heterocycles. The van der Waals surface area contributed by atoms with Gasteiger partial charge in [-0.25, -0.2) is 9.48 Å². The predicted octanol–water partition coefficient (Wildman–Crippen LogP) is 4.53. The zero-order chi connectivity index (χ0) is 25.2. The van der Waals surface area contributed by atoms with Gasteiger partial charge in [-0.15, -0.1) is 0 Å². The minimum atomic E-state index is -4.56. The number of alkyl halides is 3. The Balaban J connectivity index is 1.53. The monoisotopic (exact) mass is 484 g/mol. The van der Waals surface area contributed by atoms with E-state index in [4.69, 9.17) is 9.26 Å². The summed E-state index contributed by atoms with van der Waals surface area (Å²) in [6.07, 6.45) is -3.68. The molecular weight excluding hydrogens is 465 g/mol. The number of carbonyl (C=O) groups is 1. The Morgan fingerprint density at radius 1 is 1.11 bits per heavy atom. The van der Waals surface area contributed by atoms with Crippen molar-refractivity contribution in [3.63, 3.8) is 0 Å². The minimum absolute atomic E-state index is 0.00164. The van der Waals surface area contributed by atoms with Crippen molar-refractivity contribution in [3.05, 3.63) is 93.2 Å². The number of benzene rings is 2. The second kappa shape index (κ2) is 9.53. The Labute approximate surface area is 197 Å². The van der Waals surface area contributed by atoms with E-state index < -0.39 is 35.4 Å². The van der Waals surface area contributed by atoms with E-state index >= 15 is 0 Å². The first-order valence-corrected chi connectivity index (χ1v) is 10.5. The van der Waals surface area contributed by atoms with E-state index in [9.17, 15) is 22.8 Å². The highest BCUT2D eigenvalue weighted by Crippen LogP contribution is 2.30. The lowest BCUT2D eigenvalue weighted by Crippen LogP contribution is -2.24. The Morgan fingerprint density at radius 3 is 2.54 bits per heavy atom. The number of halogens is 3. The minimum Gasteiger partial charge on any atom is -0.451 e. The number of aryl methyl sites for hydroxylation is 2. The molecule has 0 aliphatic rings. The molecule has 0 saturated carbocycles. The number of aromatic nitrogens is 4. The van der Waals surface area contributed by atoms with Gasteiger partial charge in [0.15, 0.2) is 6.61 Å². The molecule has 0 aliphatic carbocycles. The summed E-state index contributed by atoms with van der Waals surface area (Å²) in [5, 5.41) is 7.79. The van der Waals surface area contributed by atoms with Gasteiger partial charge < -0.3 is 9.26 Å². The maximum atomic E-state index is 13.1. The van der Waals surface area contributed by atoms with Crippen LogP contribution in [0.25, 0.3) is 17.1 Å². The Hall–Kier alpha value is -4.28. The third-order valence-corrected chi connectivity index (χ3v) is 5.13. The molecule has 0 saturated heterocycles. The lowest BCUT2D eigenvalue weighted by atomic mass is 10.1. The van der Waals surface area contributed by atoms with Crippen LogP contribution in [0.3, 0.4) is 0 Å². The number of rotatable bonds is 6. The number of carbonyl (C=O) groups excluding carboxylic acids is 1. The summed E-state index contributed by atoms with van der Waals surface area (Å²) in [5.41, 5.74) is -0.0968. The molecule has 4 aromatic rings. The maximum absolute atomic E-state index is 13.1. The van der Waals surface area contributed by atoms with Gasteiger partial charge in [-0.05, 0) is 37.1 Å². The van der Waals surface area contributed by atoms with E-state index in [1.165, 1.54) is 19.1 Å². The van der Waals surface area contributed by atoms with Gasteiger partial charge in [0.1, 0.15) is 0 Å². The summed E-state index contributed by atoms with van der Waals surface area (Å²) in [6, 6.07) is 13.0. The summed E-state index contributed by atoms with van der Waals surface area (Å²) in [6.45, 7) is 3.10. The third kappa shape index (κ3) is 5.29. The van der Waals surface area contributed by atoms with E-state index in [1.54, 1.807) is 0 Å². The van der Waals surface area contributed by atoms with Gasteiger partial charge in [-0.1, -0.05) is 42.4 Å². The Kier molecular flexibility index (Phi) is 6.50. The third-order valence-electron chi connectivity index (χ3n) is 5.13. The van der Waals surface area contributed by atoms with Crippen LogP contribution >= 0.6 is 0 Å². The first-order chi connectivity index (χ1) is 16.7. The van der Waals surface area contributed by atoms with Gasteiger partial charge in [0, 0.05) is 17.3 Å². The van der Waals surface area contributed by atoms with Crippen LogP contribution in [-0.4, -0.2) is 25.9 Å². The topological polar surface area (TPSA) is 100 Å². The summed E-state index contributed by atoms with van der Waals surface area (Å²) < 4.78 is 50.5. The fourth-order valence-corrected chi connectivity index (χ4v) is 3.28. The molecule has 0 amide bonds. The van der Waals surface area contributed by atoms with Crippen LogP contribution in [0.1, 0.15) is 40.1 Å². The molecule has 0 fully saturated rings. The van der Waals surface area contributed by atoms with Gasteiger partial charge in [0.2, 0.25) is 16.9 Å². The van der Waals surface area contributed by atoms with Crippen molar-refractivity contribution in [1.29, 1.82) is 0 Å². The Bertz CT molecular complexity index is 1430. The fraction of sp³-hybridized carbons (Fsp3) is 0.208. The average Bonchev–Trinajstić information content (AvgIpc) is 3.31. The van der Waals surface area contributed by atoms with Crippen molar-refractivity contribution in [2.75, 3.05) is 0 Å². The van der Waals surface area contributed by atoms with Gasteiger partial charge in [-0.3, -0.25) is 4.79 Å². The van der Waals surface area contributed by atoms with Crippen LogP contribution in [0, 0.1) is 6.92 Å². The Morgan fingerprint density at radius 2 is 1.86 bits per heavy atom. The second-order valence-corrected chi connectivity index (χ2v) is 7.60. The van der Waals surface area contributed by atoms with E-state index in [1.807, 2.05) is 31.2 Å². The number of esters is 1. The van der Waals surface area contributed by atoms with Crippen LogP contribution in [0.4, 0.5) is 13.2 Å². The molecule has 0 N–H and O–H groups in total. The molecule has 11 heteroatoms. The van der Waals surface area contributed by atoms with Crippen molar-refractivity contribution in [2.24, 2.45) is 0 Å². The molecule has 35 heavy (non-hydrogen) atoms. The SMILES string of the molecule is CCc1ccc(-c2noc(COC(=O)c3nn(-c4cccc(C(F)(F)F)c4)c(C)cc3=O)n2)cc1. The van der Waals surface area contributed by atoms with Gasteiger partial charge >= 0.3 is 12.1 Å². The van der Waals surface area contributed by atoms with Crippen molar-refractivity contribution in [1.82, 2.24) is 19.9 Å². The molecule has 2 aromatic carbocycles. The standard InChI is InChI=1S/C24H19F3N4O4/c1-3-15-7-9-16(10-8-15)22-28-20(35-30-22)13-34-23(33)21-19(32)11-14(2)31(29-21)18-6-4-5-17(12-18)24(25,26)27/h4-12H,3,13H2,1-2H3. The van der Waals surface area contributed by atoms with E-state index in [-0.39, 0.29) is 17.3 Å². The summed E-state index contributed by atoms with van der Waals surface area (Å²) in [7, 11) is 0. The van der Waals surface area contributed by atoms with Crippen LogP contribution in [0.5, 0.6) is 0 Å². The van der Waals surface area contributed by atoms with Crippen LogP contribution in [-0.2, 0) is 23.9 Å². The van der Waals surface area contributed by atoms with Crippen molar-refractivity contribution in [2.45, 2.75) is 33.1 Å². The maximum Gasteiger partial charge on any atom is 0.416 e. The zero-order valence-electron chi connectivity index (χ0n) is 18.7. The smallest absolute Gasteiger partial charge is 0.416 e. The van der Waals surface area contributed by atoms with Gasteiger partial charge in [-0.2, -0.15) is 23.3 Å². The largest absolute Gasteiger partial charge is 0.451 e. The zero-order valence-corrected chi connectivity index (χ0v) is 18.7. The predicted molar refractivity (Wildman–Crippen MR) is 118 cm³/mol. The normalized spacial score (nSPS) is 11.5. The average molecular weight is 484 g/mol. The summed E-state index contributed by atoms with van der Waals surface area (Å²) in [5.74, 6) is -0.778. The summed E-state index contributed by atoms with van der Waals surface area (Å²) >= 11 is 0. The van der Waals surface area contributed by atoms with Crippen LogP contribution in [0.15, 0.2) is 63.9 Å². The molecular formula is C24H19F3N4O4. The molecule has 4 rings (SSSR count). The highest BCUT2D eigenvalue weighted by atomic mass is 19.4. The second-order valence-electron chi connectivity index (χ2n) is 7.60. The van der Waals surface area contributed by atoms with Crippen LogP contribution in [0.2, 0.25) is 0 Å². The first-order valence-electron chi connectivity index (χ1n) is 10.5.